The molecule has 0 saturated heterocycles. The summed E-state index contributed by atoms with van der Waals surface area (Å²) in [5.41, 5.74) is 4.52. The maximum absolute atomic E-state index is 15.3. The molecule has 0 aromatic heterocycles. The summed E-state index contributed by atoms with van der Waals surface area (Å²) in [5, 5.41) is 0.456. The van der Waals surface area contributed by atoms with E-state index in [0.717, 1.165) is 16.0 Å². The van der Waals surface area contributed by atoms with E-state index >= 15 is 8.78 Å². The molecular formula is C30H25ClF2O2S. The molecule has 0 N–H and O–H groups in total. The molecule has 0 aliphatic carbocycles. The van der Waals surface area contributed by atoms with E-state index in [1.807, 2.05) is 24.5 Å². The molecule has 0 bridgehead atoms. The van der Waals surface area contributed by atoms with E-state index in [2.05, 4.69) is 0 Å². The van der Waals surface area contributed by atoms with Gasteiger partial charge in [-0.3, -0.25) is 4.79 Å². The van der Waals surface area contributed by atoms with Crippen LogP contribution in [0, 0.1) is 25.5 Å². The first-order chi connectivity index (χ1) is 17.1. The molecule has 0 radical (unpaired) electrons. The molecule has 0 amide bonds. The van der Waals surface area contributed by atoms with Crippen LogP contribution in [0.25, 0.3) is 33.4 Å². The van der Waals surface area contributed by atoms with Gasteiger partial charge in [-0.25, -0.2) is 8.78 Å². The quantitative estimate of drug-likeness (QED) is 0.186. The van der Waals surface area contributed by atoms with Gasteiger partial charge in [-0.15, -0.1) is 11.8 Å². The number of Topliss-reactive ketones (excluding diaryl/α,β-unsaturated/α-hetero) is 1. The van der Waals surface area contributed by atoms with Crippen LogP contribution in [-0.2, 0) is 0 Å². The van der Waals surface area contributed by atoms with Crippen LogP contribution in [0.3, 0.4) is 0 Å². The molecular weight excluding hydrogens is 498 g/mol. The lowest BCUT2D eigenvalue weighted by molar-refractivity contribution is 0.101. The van der Waals surface area contributed by atoms with Crippen molar-refractivity contribution in [3.63, 3.8) is 0 Å². The van der Waals surface area contributed by atoms with Gasteiger partial charge in [0.15, 0.2) is 5.78 Å². The number of benzene rings is 4. The molecule has 4 rings (SSSR count). The number of ether oxygens (including phenoxy) is 1. The highest BCUT2D eigenvalue weighted by Crippen LogP contribution is 2.40. The van der Waals surface area contributed by atoms with Gasteiger partial charge in [0.25, 0.3) is 0 Å². The first-order valence-electron chi connectivity index (χ1n) is 11.3. The molecule has 0 unspecified atom stereocenters. The number of hydrogen-bond acceptors (Lipinski definition) is 3. The fourth-order valence-electron chi connectivity index (χ4n) is 4.24. The number of thioether (sulfide) groups is 1. The molecule has 0 spiro atoms. The Morgan fingerprint density at radius 3 is 2.08 bits per heavy atom. The predicted molar refractivity (Wildman–Crippen MR) is 145 cm³/mol. The lowest BCUT2D eigenvalue weighted by atomic mass is 9.92. The average molecular weight is 523 g/mol. The van der Waals surface area contributed by atoms with Gasteiger partial charge >= 0.3 is 0 Å². The first kappa shape index (κ1) is 25.9. The molecule has 36 heavy (non-hydrogen) atoms. The summed E-state index contributed by atoms with van der Waals surface area (Å²) in [6.45, 7) is 4.78. The maximum Gasteiger partial charge on any atom is 0.159 e. The largest absolute Gasteiger partial charge is 0.496 e. The Balaban J connectivity index is 1.94. The Kier molecular flexibility index (Phi) is 7.53. The van der Waals surface area contributed by atoms with Crippen LogP contribution in [0.1, 0.15) is 28.4 Å². The van der Waals surface area contributed by atoms with Crippen LogP contribution in [0.15, 0.2) is 65.6 Å². The zero-order valence-electron chi connectivity index (χ0n) is 20.6. The lowest BCUT2D eigenvalue weighted by Crippen LogP contribution is -1.99. The molecule has 4 aromatic rings. The summed E-state index contributed by atoms with van der Waals surface area (Å²) >= 11 is 8.02. The van der Waals surface area contributed by atoms with Crippen LogP contribution in [0.5, 0.6) is 5.75 Å². The van der Waals surface area contributed by atoms with Crippen molar-refractivity contribution in [2.24, 2.45) is 0 Å². The van der Waals surface area contributed by atoms with Gasteiger partial charge < -0.3 is 4.74 Å². The van der Waals surface area contributed by atoms with E-state index in [1.54, 1.807) is 68.1 Å². The average Bonchev–Trinajstić information content (AvgIpc) is 2.87. The van der Waals surface area contributed by atoms with Crippen molar-refractivity contribution in [3.05, 3.63) is 94.0 Å². The topological polar surface area (TPSA) is 26.3 Å². The molecule has 2 nitrogen and oxygen atoms in total. The Labute approximate surface area is 219 Å². The standard InChI is InChI=1S/C30H25ClF2O2S/c1-16-10-20(18(3)34)13-26(30(16)33)24-12-19(6-9-28(24)35-4)21-11-17(2)29(32)25(14-21)23-15-22(36-5)7-8-27(23)31/h6-15H,1-5H3. The Morgan fingerprint density at radius 1 is 0.806 bits per heavy atom. The molecule has 0 heterocycles. The third-order valence-corrected chi connectivity index (χ3v) is 7.26. The smallest absolute Gasteiger partial charge is 0.159 e. The second kappa shape index (κ2) is 10.5. The number of carbonyl (C=O) groups is 1. The number of ketones is 1. The predicted octanol–water partition coefficient (Wildman–Crippen LogP) is 9.17. The van der Waals surface area contributed by atoms with Crippen molar-refractivity contribution >= 4 is 29.1 Å². The van der Waals surface area contributed by atoms with E-state index in [0.29, 0.717) is 44.2 Å². The van der Waals surface area contributed by atoms with Crippen molar-refractivity contribution in [3.8, 4) is 39.1 Å². The fourth-order valence-corrected chi connectivity index (χ4v) is 4.90. The van der Waals surface area contributed by atoms with Gasteiger partial charge in [0.2, 0.25) is 0 Å². The van der Waals surface area contributed by atoms with Gasteiger partial charge in [-0.05, 0) is 104 Å². The van der Waals surface area contributed by atoms with E-state index in [1.165, 1.54) is 14.0 Å². The summed E-state index contributed by atoms with van der Waals surface area (Å²) in [6, 6.07) is 17.5. The second-order valence-corrected chi connectivity index (χ2v) is 9.91. The van der Waals surface area contributed by atoms with E-state index < -0.39 is 5.82 Å². The highest BCUT2D eigenvalue weighted by molar-refractivity contribution is 7.98. The fraction of sp³-hybridized carbons (Fsp3) is 0.167. The molecule has 0 aliphatic heterocycles. The molecule has 0 aliphatic rings. The summed E-state index contributed by atoms with van der Waals surface area (Å²) in [7, 11) is 1.51. The highest BCUT2D eigenvalue weighted by atomic mass is 35.5. The normalized spacial score (nSPS) is 11.0. The summed E-state index contributed by atoms with van der Waals surface area (Å²) in [6.07, 6.45) is 1.95. The molecule has 4 aromatic carbocycles. The second-order valence-electron chi connectivity index (χ2n) is 8.63. The maximum atomic E-state index is 15.3. The van der Waals surface area contributed by atoms with Crippen molar-refractivity contribution in [2.45, 2.75) is 25.7 Å². The van der Waals surface area contributed by atoms with Gasteiger partial charge in [0.05, 0.1) is 7.11 Å². The Hall–Kier alpha value is -3.15. The minimum absolute atomic E-state index is 0.155. The van der Waals surface area contributed by atoms with Crippen LogP contribution in [0.4, 0.5) is 8.78 Å². The van der Waals surface area contributed by atoms with Crippen molar-refractivity contribution in [2.75, 3.05) is 13.4 Å². The molecule has 184 valence electrons. The summed E-state index contributed by atoms with van der Waals surface area (Å²) in [5.74, 6) is -0.458. The van der Waals surface area contributed by atoms with E-state index in [-0.39, 0.29) is 17.2 Å². The minimum Gasteiger partial charge on any atom is -0.496 e. The third-order valence-electron chi connectivity index (χ3n) is 6.20. The number of halogens is 3. The molecule has 0 fully saturated rings. The van der Waals surface area contributed by atoms with E-state index in [4.69, 9.17) is 16.3 Å². The van der Waals surface area contributed by atoms with E-state index in [9.17, 15) is 4.79 Å². The SMILES string of the molecule is COc1ccc(-c2cc(C)c(F)c(-c3cc(SC)ccc3Cl)c2)cc1-c1cc(C(C)=O)cc(C)c1F. The Bertz CT molecular complexity index is 1500. The monoisotopic (exact) mass is 522 g/mol. The highest BCUT2D eigenvalue weighted by Gasteiger charge is 2.19. The van der Waals surface area contributed by atoms with Gasteiger partial charge in [0, 0.05) is 37.7 Å². The van der Waals surface area contributed by atoms with Crippen molar-refractivity contribution in [1.29, 1.82) is 0 Å². The summed E-state index contributed by atoms with van der Waals surface area (Å²) in [4.78, 5) is 13.0. The summed E-state index contributed by atoms with van der Waals surface area (Å²) < 4.78 is 36.1. The first-order valence-corrected chi connectivity index (χ1v) is 12.9. The van der Waals surface area contributed by atoms with Crippen LogP contribution in [-0.4, -0.2) is 19.1 Å². The van der Waals surface area contributed by atoms with Crippen molar-refractivity contribution in [1.82, 2.24) is 0 Å². The van der Waals surface area contributed by atoms with Gasteiger partial charge in [-0.1, -0.05) is 17.7 Å². The Morgan fingerprint density at radius 2 is 1.44 bits per heavy atom. The number of hydrogen-bond donors (Lipinski definition) is 0. The third kappa shape index (κ3) is 4.91. The van der Waals surface area contributed by atoms with Crippen LogP contribution < -0.4 is 4.74 Å². The zero-order chi connectivity index (χ0) is 26.1. The number of rotatable bonds is 6. The lowest BCUT2D eigenvalue weighted by Gasteiger charge is -2.16. The minimum atomic E-state index is -0.424. The van der Waals surface area contributed by atoms with Gasteiger partial charge in [-0.2, -0.15) is 0 Å². The molecule has 6 heteroatoms. The van der Waals surface area contributed by atoms with Crippen molar-refractivity contribution < 1.29 is 18.3 Å². The molecule has 0 saturated carbocycles. The molecule has 0 atom stereocenters. The zero-order valence-corrected chi connectivity index (χ0v) is 22.2. The van der Waals surface area contributed by atoms with Crippen LogP contribution in [0.2, 0.25) is 5.02 Å². The number of carbonyl (C=O) groups excluding carboxylic acids is 1. The van der Waals surface area contributed by atoms with Gasteiger partial charge in [0.1, 0.15) is 17.4 Å². The number of methoxy groups -OCH3 is 1. The number of aryl methyl sites for hydroxylation is 2. The van der Waals surface area contributed by atoms with Crippen LogP contribution >= 0.6 is 23.4 Å².